The van der Waals surface area contributed by atoms with Crippen LogP contribution in [0.4, 0.5) is 0 Å². The lowest BCUT2D eigenvalue weighted by Gasteiger charge is -2.48. The van der Waals surface area contributed by atoms with E-state index in [0.717, 1.165) is 25.9 Å². The largest absolute Gasteiger partial charge is 0.366 e. The van der Waals surface area contributed by atoms with Crippen molar-refractivity contribution in [3.8, 4) is 0 Å². The molecule has 1 heterocycles. The van der Waals surface area contributed by atoms with Crippen molar-refractivity contribution < 1.29 is 4.74 Å². The molecule has 1 aromatic carbocycles. The fraction of sp³-hybridized carbons (Fsp3) is 0.647. The molecule has 1 aromatic rings. The van der Waals surface area contributed by atoms with E-state index in [0.29, 0.717) is 5.92 Å². The number of ether oxygens (including phenoxy) is 1. The molecule has 0 saturated carbocycles. The monoisotopic (exact) mass is 261 g/mol. The molecule has 0 amide bonds. The molecule has 19 heavy (non-hydrogen) atoms. The average molecular weight is 261 g/mol. The summed E-state index contributed by atoms with van der Waals surface area (Å²) in [5, 5.41) is 3.56. The Morgan fingerprint density at radius 2 is 1.84 bits per heavy atom. The first-order valence-corrected chi connectivity index (χ1v) is 7.38. The van der Waals surface area contributed by atoms with E-state index in [4.69, 9.17) is 4.74 Å². The van der Waals surface area contributed by atoms with Gasteiger partial charge in [-0.25, -0.2) is 0 Å². The highest BCUT2D eigenvalue weighted by Gasteiger charge is 2.41. The summed E-state index contributed by atoms with van der Waals surface area (Å²) in [5.74, 6) is 0.524. The van der Waals surface area contributed by atoms with Gasteiger partial charge in [0.25, 0.3) is 0 Å². The summed E-state index contributed by atoms with van der Waals surface area (Å²) in [5.41, 5.74) is 1.28. The summed E-state index contributed by atoms with van der Waals surface area (Å²) in [4.78, 5) is 0. The quantitative estimate of drug-likeness (QED) is 0.897. The SMILES string of the molecule is CC(C)C1(C)CNCC(C)(CCc2ccccc2)O1. The van der Waals surface area contributed by atoms with E-state index in [1.807, 2.05) is 0 Å². The highest BCUT2D eigenvalue weighted by atomic mass is 16.5. The number of morpholine rings is 1. The standard InChI is InChI=1S/C17H27NO/c1-14(2)17(4)13-18-12-16(3,19-17)11-10-15-8-6-5-7-9-15/h5-9,14,18H,10-13H2,1-4H3. The predicted molar refractivity (Wildman–Crippen MR) is 80.4 cm³/mol. The van der Waals surface area contributed by atoms with Crippen LogP contribution in [0.2, 0.25) is 0 Å². The average Bonchev–Trinajstić information content (AvgIpc) is 2.37. The van der Waals surface area contributed by atoms with Gasteiger partial charge in [-0.2, -0.15) is 0 Å². The number of nitrogens with one attached hydrogen (secondary N) is 1. The minimum atomic E-state index is -0.0624. The molecule has 106 valence electrons. The fourth-order valence-electron chi connectivity index (χ4n) is 2.73. The molecule has 1 aliphatic heterocycles. The molecular weight excluding hydrogens is 234 g/mol. The Hall–Kier alpha value is -0.860. The van der Waals surface area contributed by atoms with Crippen LogP contribution in [-0.4, -0.2) is 24.3 Å². The van der Waals surface area contributed by atoms with Crippen LogP contribution in [-0.2, 0) is 11.2 Å². The lowest BCUT2D eigenvalue weighted by atomic mass is 9.86. The molecule has 1 saturated heterocycles. The summed E-state index contributed by atoms with van der Waals surface area (Å²) in [6.07, 6.45) is 2.14. The van der Waals surface area contributed by atoms with Crippen molar-refractivity contribution in [3.63, 3.8) is 0 Å². The third kappa shape index (κ3) is 3.58. The number of rotatable bonds is 4. The Labute approximate surface area is 117 Å². The van der Waals surface area contributed by atoms with Crippen LogP contribution < -0.4 is 5.32 Å². The lowest BCUT2D eigenvalue weighted by molar-refractivity contribution is -0.183. The molecule has 2 nitrogen and oxygen atoms in total. The van der Waals surface area contributed by atoms with Crippen LogP contribution in [0.5, 0.6) is 0 Å². The first-order valence-electron chi connectivity index (χ1n) is 7.38. The van der Waals surface area contributed by atoms with Gasteiger partial charge in [0, 0.05) is 13.1 Å². The van der Waals surface area contributed by atoms with Crippen molar-refractivity contribution in [2.24, 2.45) is 5.92 Å². The maximum absolute atomic E-state index is 6.48. The molecule has 0 aliphatic carbocycles. The van der Waals surface area contributed by atoms with Gasteiger partial charge in [-0.05, 0) is 38.2 Å². The second kappa shape index (κ2) is 5.64. The molecule has 0 bridgehead atoms. The minimum Gasteiger partial charge on any atom is -0.366 e. The summed E-state index contributed by atoms with van der Waals surface area (Å²) in [6, 6.07) is 10.7. The van der Waals surface area contributed by atoms with Gasteiger partial charge < -0.3 is 10.1 Å². The van der Waals surface area contributed by atoms with Gasteiger partial charge in [-0.1, -0.05) is 44.2 Å². The summed E-state index contributed by atoms with van der Waals surface area (Å²) in [7, 11) is 0. The van der Waals surface area contributed by atoms with Crippen molar-refractivity contribution in [1.82, 2.24) is 5.32 Å². The van der Waals surface area contributed by atoms with Gasteiger partial charge in [-0.15, -0.1) is 0 Å². The van der Waals surface area contributed by atoms with Crippen LogP contribution in [0.3, 0.4) is 0 Å². The maximum atomic E-state index is 6.48. The van der Waals surface area contributed by atoms with Crippen molar-refractivity contribution in [2.75, 3.05) is 13.1 Å². The zero-order valence-electron chi connectivity index (χ0n) is 12.7. The molecule has 0 aromatic heterocycles. The Morgan fingerprint density at radius 3 is 2.47 bits per heavy atom. The molecule has 2 heteroatoms. The number of aryl methyl sites for hydroxylation is 1. The lowest BCUT2D eigenvalue weighted by Crippen LogP contribution is -2.60. The fourth-order valence-corrected chi connectivity index (χ4v) is 2.73. The van der Waals surface area contributed by atoms with Gasteiger partial charge in [0.05, 0.1) is 11.2 Å². The zero-order valence-corrected chi connectivity index (χ0v) is 12.7. The predicted octanol–water partition coefficient (Wildman–Crippen LogP) is 3.41. The van der Waals surface area contributed by atoms with Crippen LogP contribution in [0, 0.1) is 5.92 Å². The topological polar surface area (TPSA) is 21.3 Å². The number of benzene rings is 1. The third-order valence-corrected chi connectivity index (χ3v) is 4.46. The molecule has 1 N–H and O–H groups in total. The van der Waals surface area contributed by atoms with E-state index in [1.165, 1.54) is 5.56 Å². The Balaban J connectivity index is 1.98. The molecule has 0 radical (unpaired) electrons. The highest BCUT2D eigenvalue weighted by molar-refractivity contribution is 5.15. The van der Waals surface area contributed by atoms with Crippen LogP contribution >= 0.6 is 0 Å². The summed E-state index contributed by atoms with van der Waals surface area (Å²) >= 11 is 0. The minimum absolute atomic E-state index is 0.0519. The normalized spacial score (nSPS) is 31.6. The van der Waals surface area contributed by atoms with Crippen molar-refractivity contribution in [2.45, 2.75) is 51.7 Å². The Kier molecular flexibility index (Phi) is 4.32. The first kappa shape index (κ1) is 14.5. The molecule has 2 unspecified atom stereocenters. The van der Waals surface area contributed by atoms with Gasteiger partial charge in [0.1, 0.15) is 0 Å². The number of hydrogen-bond donors (Lipinski definition) is 1. The van der Waals surface area contributed by atoms with Crippen molar-refractivity contribution in [3.05, 3.63) is 35.9 Å². The molecular formula is C17H27NO. The second-order valence-corrected chi connectivity index (χ2v) is 6.61. The molecule has 2 rings (SSSR count). The summed E-state index contributed by atoms with van der Waals surface area (Å²) in [6.45, 7) is 10.8. The zero-order chi connectivity index (χ0) is 13.9. The van der Waals surface area contributed by atoms with Crippen LogP contribution in [0.1, 0.15) is 39.7 Å². The second-order valence-electron chi connectivity index (χ2n) is 6.61. The van der Waals surface area contributed by atoms with E-state index in [1.54, 1.807) is 0 Å². The maximum Gasteiger partial charge on any atom is 0.0809 e. The molecule has 0 spiro atoms. The Bertz CT molecular complexity index is 403. The van der Waals surface area contributed by atoms with E-state index in [-0.39, 0.29) is 11.2 Å². The Morgan fingerprint density at radius 1 is 1.16 bits per heavy atom. The smallest absolute Gasteiger partial charge is 0.0809 e. The molecule has 2 atom stereocenters. The first-order chi connectivity index (χ1) is 8.94. The van der Waals surface area contributed by atoms with Gasteiger partial charge in [0.15, 0.2) is 0 Å². The van der Waals surface area contributed by atoms with E-state index in [2.05, 4.69) is 63.3 Å². The van der Waals surface area contributed by atoms with Gasteiger partial charge in [-0.3, -0.25) is 0 Å². The summed E-state index contributed by atoms with van der Waals surface area (Å²) < 4.78 is 6.48. The molecule has 1 fully saturated rings. The van der Waals surface area contributed by atoms with E-state index < -0.39 is 0 Å². The van der Waals surface area contributed by atoms with E-state index in [9.17, 15) is 0 Å². The van der Waals surface area contributed by atoms with Crippen molar-refractivity contribution in [1.29, 1.82) is 0 Å². The van der Waals surface area contributed by atoms with Crippen LogP contribution in [0.15, 0.2) is 30.3 Å². The molecule has 1 aliphatic rings. The number of hydrogen-bond acceptors (Lipinski definition) is 2. The van der Waals surface area contributed by atoms with Crippen LogP contribution in [0.25, 0.3) is 0 Å². The van der Waals surface area contributed by atoms with E-state index >= 15 is 0 Å². The van der Waals surface area contributed by atoms with Crippen molar-refractivity contribution >= 4 is 0 Å². The van der Waals surface area contributed by atoms with Gasteiger partial charge in [0.2, 0.25) is 0 Å². The highest BCUT2D eigenvalue weighted by Crippen LogP contribution is 2.32. The third-order valence-electron chi connectivity index (χ3n) is 4.46. The van der Waals surface area contributed by atoms with Gasteiger partial charge >= 0.3 is 0 Å².